The molecule has 0 aliphatic rings. The van der Waals surface area contributed by atoms with Gasteiger partial charge >= 0.3 is 11.8 Å². The monoisotopic (exact) mass is 268 g/mol. The number of hydrogen-bond donors (Lipinski definition) is 1. The number of hydrogen-bond acceptors (Lipinski definition) is 2. The molecule has 0 aliphatic carbocycles. The molecule has 5 heteroatoms. The summed E-state index contributed by atoms with van der Waals surface area (Å²) in [5.41, 5.74) is 0.557. The maximum Gasteiger partial charge on any atom is 0.313 e. The molecule has 0 radical (unpaired) electrons. The van der Waals surface area contributed by atoms with E-state index in [1.54, 1.807) is 31.3 Å². The Balaban J connectivity index is 2.54. The first-order valence-corrected chi connectivity index (χ1v) is 6.24. The first-order chi connectivity index (χ1) is 8.54. The van der Waals surface area contributed by atoms with Crippen LogP contribution < -0.4 is 5.32 Å². The molecule has 0 saturated carbocycles. The Morgan fingerprint density at radius 2 is 1.89 bits per heavy atom. The molecular weight excluding hydrogens is 252 g/mol. The highest BCUT2D eigenvalue weighted by molar-refractivity contribution is 6.39. The van der Waals surface area contributed by atoms with E-state index < -0.39 is 11.8 Å². The van der Waals surface area contributed by atoms with Crippen LogP contribution >= 0.6 is 11.6 Å². The summed E-state index contributed by atoms with van der Waals surface area (Å²) in [5.74, 6) is -1.16. The third-order valence-electron chi connectivity index (χ3n) is 2.49. The summed E-state index contributed by atoms with van der Waals surface area (Å²) in [5, 5.41) is 3.12. The summed E-state index contributed by atoms with van der Waals surface area (Å²) in [6, 6.07) is 6.62. The highest BCUT2D eigenvalue weighted by atomic mass is 35.5. The van der Waals surface area contributed by atoms with E-state index >= 15 is 0 Å². The van der Waals surface area contributed by atoms with Crippen molar-refractivity contribution in [3.05, 3.63) is 29.3 Å². The first kappa shape index (κ1) is 14.5. The minimum absolute atomic E-state index is 0.529. The van der Waals surface area contributed by atoms with Crippen molar-refractivity contribution in [3.8, 4) is 0 Å². The highest BCUT2D eigenvalue weighted by Gasteiger charge is 2.17. The maximum atomic E-state index is 11.7. The zero-order chi connectivity index (χ0) is 13.5. The van der Waals surface area contributed by atoms with E-state index in [0.717, 1.165) is 12.8 Å². The molecule has 0 saturated heterocycles. The number of likely N-dealkylation sites (N-methyl/N-ethyl adjacent to an activating group) is 1. The van der Waals surface area contributed by atoms with E-state index in [4.69, 9.17) is 11.6 Å². The number of carbonyl (C=O) groups is 2. The van der Waals surface area contributed by atoms with Gasteiger partial charge < -0.3 is 10.2 Å². The molecule has 0 aliphatic heterocycles. The van der Waals surface area contributed by atoms with Crippen LogP contribution in [0.5, 0.6) is 0 Å². The molecular formula is C13H17ClN2O2. The molecule has 2 amide bonds. The van der Waals surface area contributed by atoms with Crippen LogP contribution in [-0.2, 0) is 9.59 Å². The van der Waals surface area contributed by atoms with E-state index in [-0.39, 0.29) is 0 Å². The summed E-state index contributed by atoms with van der Waals surface area (Å²) >= 11 is 5.73. The van der Waals surface area contributed by atoms with Gasteiger partial charge in [0.1, 0.15) is 0 Å². The molecule has 98 valence electrons. The summed E-state index contributed by atoms with van der Waals surface area (Å²) in [4.78, 5) is 24.8. The number of unbranched alkanes of at least 4 members (excludes halogenated alkanes) is 1. The van der Waals surface area contributed by atoms with Crippen molar-refractivity contribution in [3.63, 3.8) is 0 Å². The van der Waals surface area contributed by atoms with Gasteiger partial charge in [0, 0.05) is 24.3 Å². The average molecular weight is 269 g/mol. The van der Waals surface area contributed by atoms with Crippen molar-refractivity contribution < 1.29 is 9.59 Å². The van der Waals surface area contributed by atoms with Gasteiger partial charge in [-0.1, -0.05) is 24.9 Å². The van der Waals surface area contributed by atoms with Gasteiger partial charge in [-0.2, -0.15) is 0 Å². The van der Waals surface area contributed by atoms with Crippen LogP contribution in [0.2, 0.25) is 5.02 Å². The van der Waals surface area contributed by atoms with Crippen LogP contribution in [0.4, 0.5) is 5.69 Å². The van der Waals surface area contributed by atoms with Crippen molar-refractivity contribution in [2.24, 2.45) is 0 Å². The predicted octanol–water partition coefficient (Wildman–Crippen LogP) is 2.54. The molecule has 1 aromatic carbocycles. The molecule has 0 unspecified atom stereocenters. The molecule has 0 heterocycles. The van der Waals surface area contributed by atoms with Gasteiger partial charge in [-0.25, -0.2) is 0 Å². The predicted molar refractivity (Wildman–Crippen MR) is 72.6 cm³/mol. The molecule has 0 fully saturated rings. The Hall–Kier alpha value is -1.55. The second kappa shape index (κ2) is 7.01. The van der Waals surface area contributed by atoms with Gasteiger partial charge in [0.15, 0.2) is 0 Å². The molecule has 0 atom stereocenters. The Bertz CT molecular complexity index is 418. The third-order valence-corrected chi connectivity index (χ3v) is 2.74. The summed E-state index contributed by atoms with van der Waals surface area (Å²) in [7, 11) is 1.62. The molecule has 4 nitrogen and oxygen atoms in total. The third kappa shape index (κ3) is 4.37. The lowest BCUT2D eigenvalue weighted by molar-refractivity contribution is -0.142. The number of anilines is 1. The number of nitrogens with one attached hydrogen (secondary N) is 1. The van der Waals surface area contributed by atoms with E-state index in [1.807, 2.05) is 6.92 Å². The van der Waals surface area contributed by atoms with Crippen LogP contribution in [0.3, 0.4) is 0 Å². The van der Waals surface area contributed by atoms with Crippen LogP contribution in [0.25, 0.3) is 0 Å². The molecule has 0 spiro atoms. The Kier molecular flexibility index (Phi) is 5.65. The highest BCUT2D eigenvalue weighted by Crippen LogP contribution is 2.13. The SMILES string of the molecule is CCCCN(C)C(=O)C(=O)Nc1ccc(Cl)cc1. The van der Waals surface area contributed by atoms with Crippen molar-refractivity contribution in [1.82, 2.24) is 4.90 Å². The maximum absolute atomic E-state index is 11.7. The van der Waals surface area contributed by atoms with Crippen molar-refractivity contribution in [1.29, 1.82) is 0 Å². The number of nitrogens with zero attached hydrogens (tertiary/aromatic N) is 1. The quantitative estimate of drug-likeness (QED) is 0.853. The van der Waals surface area contributed by atoms with E-state index in [9.17, 15) is 9.59 Å². The van der Waals surface area contributed by atoms with Crippen LogP contribution in [0, 0.1) is 0 Å². The van der Waals surface area contributed by atoms with E-state index in [2.05, 4.69) is 5.32 Å². The fourth-order valence-corrected chi connectivity index (χ4v) is 1.51. The lowest BCUT2D eigenvalue weighted by Gasteiger charge is -2.16. The molecule has 1 aromatic rings. The Morgan fingerprint density at radius 1 is 1.28 bits per heavy atom. The van der Waals surface area contributed by atoms with Crippen molar-refractivity contribution in [2.75, 3.05) is 18.9 Å². The largest absolute Gasteiger partial charge is 0.338 e. The Labute approximate surface area is 112 Å². The molecule has 1 N–H and O–H groups in total. The van der Waals surface area contributed by atoms with Crippen molar-refractivity contribution in [2.45, 2.75) is 19.8 Å². The molecule has 0 bridgehead atoms. The van der Waals surface area contributed by atoms with Crippen LogP contribution in [-0.4, -0.2) is 30.3 Å². The van der Waals surface area contributed by atoms with Gasteiger partial charge in [-0.15, -0.1) is 0 Å². The number of amides is 2. The summed E-state index contributed by atoms with van der Waals surface area (Å²) < 4.78 is 0. The lowest BCUT2D eigenvalue weighted by Crippen LogP contribution is -2.37. The standard InChI is InChI=1S/C13H17ClN2O2/c1-3-4-9-16(2)13(18)12(17)15-11-7-5-10(14)6-8-11/h5-8H,3-4,9H2,1-2H3,(H,15,17). The van der Waals surface area contributed by atoms with Crippen molar-refractivity contribution >= 4 is 29.1 Å². The minimum Gasteiger partial charge on any atom is -0.338 e. The molecule has 18 heavy (non-hydrogen) atoms. The lowest BCUT2D eigenvalue weighted by atomic mass is 10.3. The second-order valence-corrected chi connectivity index (χ2v) is 4.48. The van der Waals surface area contributed by atoms with Gasteiger partial charge in [0.25, 0.3) is 0 Å². The van der Waals surface area contributed by atoms with Gasteiger partial charge in [0.05, 0.1) is 0 Å². The fraction of sp³-hybridized carbons (Fsp3) is 0.385. The van der Waals surface area contributed by atoms with Gasteiger partial charge in [-0.3, -0.25) is 9.59 Å². The van der Waals surface area contributed by atoms with E-state index in [1.165, 1.54) is 4.90 Å². The normalized spacial score (nSPS) is 9.94. The van der Waals surface area contributed by atoms with Gasteiger partial charge in [0.2, 0.25) is 0 Å². The summed E-state index contributed by atoms with van der Waals surface area (Å²) in [6.45, 7) is 2.62. The zero-order valence-electron chi connectivity index (χ0n) is 10.6. The number of benzene rings is 1. The van der Waals surface area contributed by atoms with Gasteiger partial charge in [-0.05, 0) is 30.7 Å². The molecule has 1 rings (SSSR count). The topological polar surface area (TPSA) is 49.4 Å². The number of halogens is 1. The summed E-state index contributed by atoms with van der Waals surface area (Å²) in [6.07, 6.45) is 1.87. The molecule has 0 aromatic heterocycles. The van der Waals surface area contributed by atoms with Crippen LogP contribution in [0.1, 0.15) is 19.8 Å². The Morgan fingerprint density at radius 3 is 2.44 bits per heavy atom. The zero-order valence-corrected chi connectivity index (χ0v) is 11.3. The van der Waals surface area contributed by atoms with Crippen LogP contribution in [0.15, 0.2) is 24.3 Å². The van der Waals surface area contributed by atoms with E-state index in [0.29, 0.717) is 17.3 Å². The average Bonchev–Trinajstić information content (AvgIpc) is 2.37. The fourth-order valence-electron chi connectivity index (χ4n) is 1.39. The minimum atomic E-state index is -0.629. The number of carbonyl (C=O) groups excluding carboxylic acids is 2. The second-order valence-electron chi connectivity index (χ2n) is 4.04. The smallest absolute Gasteiger partial charge is 0.313 e. The number of rotatable bonds is 4. The first-order valence-electron chi connectivity index (χ1n) is 5.86.